The highest BCUT2D eigenvalue weighted by atomic mass is 35.5. The highest BCUT2D eigenvalue weighted by Crippen LogP contribution is 2.31. The number of ether oxygens (including phenoxy) is 2. The predicted molar refractivity (Wildman–Crippen MR) is 126 cm³/mol. The van der Waals surface area contributed by atoms with E-state index in [2.05, 4.69) is 15.6 Å². The van der Waals surface area contributed by atoms with E-state index in [-0.39, 0.29) is 5.91 Å². The third-order valence-corrected chi connectivity index (χ3v) is 4.94. The van der Waals surface area contributed by atoms with Crippen LogP contribution >= 0.6 is 23.2 Å². The number of hydrogen-bond donors (Lipinski definition) is 3. The molecule has 0 saturated carbocycles. The Hall–Kier alpha value is -3.42. The zero-order valence-electron chi connectivity index (χ0n) is 16.8. The van der Waals surface area contributed by atoms with Crippen LogP contribution in [0.2, 0.25) is 10.0 Å². The number of rotatable bonds is 7. The molecule has 3 aromatic rings. The number of amides is 1. The molecular formula is C22H20Cl2N4O3. The van der Waals surface area contributed by atoms with E-state index >= 15 is 0 Å². The minimum absolute atomic E-state index is 0.294. The number of pyridine rings is 1. The van der Waals surface area contributed by atoms with Gasteiger partial charge in [0.1, 0.15) is 17.3 Å². The van der Waals surface area contributed by atoms with Gasteiger partial charge in [-0.2, -0.15) is 0 Å². The second-order valence-corrected chi connectivity index (χ2v) is 7.16. The van der Waals surface area contributed by atoms with Crippen LogP contribution in [0.1, 0.15) is 5.56 Å². The molecule has 0 atom stereocenters. The van der Waals surface area contributed by atoms with Crippen molar-refractivity contribution >= 4 is 58.1 Å². The van der Waals surface area contributed by atoms with E-state index in [1.807, 2.05) is 18.2 Å². The number of nitrogen functional groups attached to an aromatic ring is 1. The van der Waals surface area contributed by atoms with Gasteiger partial charge in [-0.3, -0.25) is 4.79 Å². The monoisotopic (exact) mass is 458 g/mol. The van der Waals surface area contributed by atoms with Crippen molar-refractivity contribution in [2.24, 2.45) is 0 Å². The average Bonchev–Trinajstić information content (AvgIpc) is 2.76. The second-order valence-electron chi connectivity index (χ2n) is 6.34. The van der Waals surface area contributed by atoms with Crippen molar-refractivity contribution in [1.29, 1.82) is 0 Å². The molecule has 1 amide bonds. The Morgan fingerprint density at radius 1 is 1.06 bits per heavy atom. The predicted octanol–water partition coefficient (Wildman–Crippen LogP) is 5.38. The first kappa shape index (κ1) is 22.3. The van der Waals surface area contributed by atoms with Gasteiger partial charge in [0, 0.05) is 41.7 Å². The van der Waals surface area contributed by atoms with Gasteiger partial charge in [-0.25, -0.2) is 4.98 Å². The first-order valence-electron chi connectivity index (χ1n) is 9.08. The van der Waals surface area contributed by atoms with Crippen molar-refractivity contribution < 1.29 is 14.3 Å². The average molecular weight is 459 g/mol. The Morgan fingerprint density at radius 2 is 1.74 bits per heavy atom. The summed E-state index contributed by atoms with van der Waals surface area (Å²) in [4.78, 5) is 16.7. The summed E-state index contributed by atoms with van der Waals surface area (Å²) in [5, 5.41) is 6.50. The lowest BCUT2D eigenvalue weighted by Gasteiger charge is -2.12. The van der Waals surface area contributed by atoms with E-state index in [0.29, 0.717) is 44.3 Å². The standard InChI is InChI=1S/C22H20Cl2N4O3/c1-30-15-8-14(9-16(10-15)31-2)27-22-13(4-3-7-26-22)5-6-21(29)28-20-12-18(24)17(23)11-19(20)25/h3-12H,25H2,1-2H3,(H,26,27)(H,28,29)/b6-5+. The second kappa shape index (κ2) is 10.1. The summed E-state index contributed by atoms with van der Waals surface area (Å²) in [6.45, 7) is 0. The fourth-order valence-electron chi connectivity index (χ4n) is 2.68. The largest absolute Gasteiger partial charge is 0.497 e. The smallest absolute Gasteiger partial charge is 0.248 e. The minimum atomic E-state index is -0.386. The lowest BCUT2D eigenvalue weighted by molar-refractivity contribution is -0.111. The van der Waals surface area contributed by atoms with Crippen LogP contribution in [-0.2, 0) is 4.79 Å². The molecule has 0 unspecified atom stereocenters. The van der Waals surface area contributed by atoms with Gasteiger partial charge in [-0.1, -0.05) is 23.2 Å². The molecule has 1 heterocycles. The molecule has 0 aliphatic heterocycles. The molecule has 0 bridgehead atoms. The molecule has 0 aliphatic carbocycles. The number of aromatic nitrogens is 1. The van der Waals surface area contributed by atoms with E-state index < -0.39 is 0 Å². The highest BCUT2D eigenvalue weighted by molar-refractivity contribution is 6.42. The van der Waals surface area contributed by atoms with Gasteiger partial charge in [-0.05, 0) is 30.3 Å². The third kappa shape index (κ3) is 5.81. The van der Waals surface area contributed by atoms with Crippen LogP contribution in [0.3, 0.4) is 0 Å². The lowest BCUT2D eigenvalue weighted by Crippen LogP contribution is -2.09. The maximum Gasteiger partial charge on any atom is 0.248 e. The minimum Gasteiger partial charge on any atom is -0.497 e. The number of anilines is 4. The van der Waals surface area contributed by atoms with Crippen molar-refractivity contribution in [1.82, 2.24) is 4.98 Å². The van der Waals surface area contributed by atoms with Crippen LogP contribution in [0, 0.1) is 0 Å². The molecule has 0 fully saturated rings. The van der Waals surface area contributed by atoms with Gasteiger partial charge in [0.25, 0.3) is 0 Å². The molecule has 2 aromatic carbocycles. The number of nitrogens with two attached hydrogens (primary N) is 1. The molecular weight excluding hydrogens is 439 g/mol. The quantitative estimate of drug-likeness (QED) is 0.324. The van der Waals surface area contributed by atoms with Gasteiger partial charge < -0.3 is 25.8 Å². The number of benzene rings is 2. The van der Waals surface area contributed by atoms with Crippen molar-refractivity contribution in [2.45, 2.75) is 0 Å². The Bertz CT molecular complexity index is 1110. The number of nitrogens with zero attached hydrogens (tertiary/aromatic N) is 1. The van der Waals surface area contributed by atoms with E-state index in [1.165, 1.54) is 18.2 Å². The summed E-state index contributed by atoms with van der Waals surface area (Å²) < 4.78 is 10.6. The third-order valence-electron chi connectivity index (χ3n) is 4.22. The molecule has 0 radical (unpaired) electrons. The first-order chi connectivity index (χ1) is 14.9. The molecule has 0 aliphatic rings. The van der Waals surface area contributed by atoms with Crippen molar-refractivity contribution in [2.75, 3.05) is 30.6 Å². The van der Waals surface area contributed by atoms with Gasteiger partial charge in [0.15, 0.2) is 0 Å². The van der Waals surface area contributed by atoms with Crippen LogP contribution in [0.15, 0.2) is 54.7 Å². The Kier molecular flexibility index (Phi) is 7.23. The SMILES string of the molecule is COc1cc(Nc2ncccc2/C=C/C(=O)Nc2cc(Cl)c(Cl)cc2N)cc(OC)c1. The topological polar surface area (TPSA) is 98.5 Å². The van der Waals surface area contributed by atoms with Gasteiger partial charge >= 0.3 is 0 Å². The number of methoxy groups -OCH3 is 2. The van der Waals surface area contributed by atoms with E-state index in [0.717, 1.165) is 5.69 Å². The summed E-state index contributed by atoms with van der Waals surface area (Å²) >= 11 is 11.9. The van der Waals surface area contributed by atoms with Crippen LogP contribution in [-0.4, -0.2) is 25.1 Å². The van der Waals surface area contributed by atoms with Gasteiger partial charge in [0.2, 0.25) is 5.91 Å². The highest BCUT2D eigenvalue weighted by Gasteiger charge is 2.09. The van der Waals surface area contributed by atoms with E-state index in [4.69, 9.17) is 38.4 Å². The van der Waals surface area contributed by atoms with Crippen molar-refractivity contribution in [3.05, 3.63) is 70.3 Å². The van der Waals surface area contributed by atoms with E-state index in [9.17, 15) is 4.79 Å². The van der Waals surface area contributed by atoms with Gasteiger partial charge in [-0.15, -0.1) is 0 Å². The fourth-order valence-corrected chi connectivity index (χ4v) is 3.02. The Balaban J connectivity index is 1.78. The number of halogens is 2. The molecule has 7 nitrogen and oxygen atoms in total. The molecule has 1 aromatic heterocycles. The number of nitrogens with one attached hydrogen (secondary N) is 2. The molecule has 160 valence electrons. The summed E-state index contributed by atoms with van der Waals surface area (Å²) in [6, 6.07) is 12.0. The lowest BCUT2D eigenvalue weighted by atomic mass is 10.2. The van der Waals surface area contributed by atoms with Crippen molar-refractivity contribution in [3.8, 4) is 11.5 Å². The van der Waals surface area contributed by atoms with Crippen LogP contribution < -0.4 is 25.8 Å². The van der Waals surface area contributed by atoms with Crippen LogP contribution in [0.25, 0.3) is 6.08 Å². The molecule has 31 heavy (non-hydrogen) atoms. The van der Waals surface area contributed by atoms with Crippen LogP contribution in [0.4, 0.5) is 22.9 Å². The molecule has 9 heteroatoms. The molecule has 0 saturated heterocycles. The summed E-state index contributed by atoms with van der Waals surface area (Å²) in [7, 11) is 3.15. The Labute approximate surface area is 189 Å². The number of carbonyl (C=O) groups is 1. The van der Waals surface area contributed by atoms with Gasteiger partial charge in [0.05, 0.1) is 35.6 Å². The van der Waals surface area contributed by atoms with Crippen molar-refractivity contribution in [3.63, 3.8) is 0 Å². The summed E-state index contributed by atoms with van der Waals surface area (Å²) in [5.41, 5.74) is 7.98. The zero-order chi connectivity index (χ0) is 22.4. The normalized spacial score (nSPS) is 10.7. The van der Waals surface area contributed by atoms with E-state index in [1.54, 1.807) is 38.6 Å². The molecule has 4 N–H and O–H groups in total. The molecule has 3 rings (SSSR count). The number of carbonyl (C=O) groups excluding carboxylic acids is 1. The molecule has 0 spiro atoms. The maximum absolute atomic E-state index is 12.4. The first-order valence-corrected chi connectivity index (χ1v) is 9.84. The Morgan fingerprint density at radius 3 is 2.42 bits per heavy atom. The van der Waals surface area contributed by atoms with Crippen LogP contribution in [0.5, 0.6) is 11.5 Å². The maximum atomic E-state index is 12.4. The zero-order valence-corrected chi connectivity index (χ0v) is 18.3. The fraction of sp³-hybridized carbons (Fsp3) is 0.0909. The summed E-state index contributed by atoms with van der Waals surface area (Å²) in [6.07, 6.45) is 4.65. The number of hydrogen-bond acceptors (Lipinski definition) is 6. The summed E-state index contributed by atoms with van der Waals surface area (Å²) in [5.74, 6) is 1.43.